The zero-order chi connectivity index (χ0) is 23.8. The molecule has 0 unspecified atom stereocenters. The van der Waals surface area contributed by atoms with E-state index in [0.29, 0.717) is 27.7 Å². The summed E-state index contributed by atoms with van der Waals surface area (Å²) >= 11 is 2.78. The number of benzene rings is 1. The third-order valence-electron chi connectivity index (χ3n) is 6.18. The number of ether oxygens (including phenoxy) is 1. The summed E-state index contributed by atoms with van der Waals surface area (Å²) < 4.78 is 27.5. The third-order valence-corrected chi connectivity index (χ3v) is 7.76. The van der Waals surface area contributed by atoms with Gasteiger partial charge in [-0.25, -0.2) is 13.9 Å². The van der Waals surface area contributed by atoms with Crippen LogP contribution in [0.5, 0.6) is 5.19 Å². The van der Waals surface area contributed by atoms with Crippen molar-refractivity contribution in [3.8, 4) is 16.5 Å². The van der Waals surface area contributed by atoms with Gasteiger partial charge in [0.1, 0.15) is 11.9 Å². The van der Waals surface area contributed by atoms with Crippen molar-refractivity contribution >= 4 is 34.1 Å². The van der Waals surface area contributed by atoms with Gasteiger partial charge in [-0.3, -0.25) is 0 Å². The highest BCUT2D eigenvalue weighted by Gasteiger charge is 2.28. The summed E-state index contributed by atoms with van der Waals surface area (Å²) in [5.41, 5.74) is 1.43. The lowest BCUT2D eigenvalue weighted by Gasteiger charge is -2.33. The van der Waals surface area contributed by atoms with Crippen LogP contribution >= 0.6 is 23.1 Å². The van der Waals surface area contributed by atoms with E-state index in [2.05, 4.69) is 45.9 Å². The van der Waals surface area contributed by atoms with Gasteiger partial charge in [0, 0.05) is 29.5 Å². The highest BCUT2D eigenvalue weighted by molar-refractivity contribution is 7.98. The maximum atomic E-state index is 14.2. The van der Waals surface area contributed by atoms with Crippen molar-refractivity contribution in [3.63, 3.8) is 0 Å². The Kier molecular flexibility index (Phi) is 6.48. The van der Waals surface area contributed by atoms with Crippen LogP contribution in [0.15, 0.2) is 33.8 Å². The lowest BCUT2D eigenvalue weighted by molar-refractivity contribution is 0.130. The molecule has 1 aliphatic rings. The van der Waals surface area contributed by atoms with Crippen molar-refractivity contribution in [3.05, 3.63) is 36.0 Å². The normalized spacial score (nSPS) is 16.0. The Balaban J connectivity index is 1.20. The van der Waals surface area contributed by atoms with Gasteiger partial charge in [0.05, 0.1) is 11.9 Å². The van der Waals surface area contributed by atoms with E-state index in [9.17, 15) is 4.39 Å². The standard InChI is InChI=1S/C23H27FN6O2S2/c1-13(2)20-26-21(32-28-20)29-9-7-15(8-10-29)14(3)31-23-27-30-12-18(25-22(30)34-23)16-5-6-19(33-4)17(24)11-16/h5-6,11-15H,7-10H2,1-4H3/t14-/m1/s1. The Labute approximate surface area is 205 Å². The van der Waals surface area contributed by atoms with E-state index >= 15 is 0 Å². The van der Waals surface area contributed by atoms with E-state index in [1.807, 2.05) is 18.5 Å². The number of imidazole rings is 1. The summed E-state index contributed by atoms with van der Waals surface area (Å²) in [6.07, 6.45) is 5.65. The number of hydrogen-bond acceptors (Lipinski definition) is 9. The molecule has 0 amide bonds. The van der Waals surface area contributed by atoms with E-state index in [0.717, 1.165) is 42.3 Å². The number of aromatic nitrogens is 5. The SMILES string of the molecule is CSc1ccc(-c2cn3nc(O[C@H](C)C4CCN(c5nc(C(C)C)no5)CC4)sc3n2)cc1F. The van der Waals surface area contributed by atoms with Crippen LogP contribution in [0.4, 0.5) is 10.4 Å². The molecule has 0 radical (unpaired) electrons. The summed E-state index contributed by atoms with van der Waals surface area (Å²) in [5.74, 6) is 1.17. The monoisotopic (exact) mass is 502 g/mol. The van der Waals surface area contributed by atoms with E-state index in [1.54, 1.807) is 10.6 Å². The number of anilines is 1. The minimum atomic E-state index is -0.238. The average Bonchev–Trinajstić information content (AvgIpc) is 3.54. The zero-order valence-corrected chi connectivity index (χ0v) is 21.2. The number of rotatable bonds is 7. The first-order chi connectivity index (χ1) is 16.4. The van der Waals surface area contributed by atoms with E-state index < -0.39 is 0 Å². The third kappa shape index (κ3) is 4.63. The number of piperidine rings is 1. The Morgan fingerprint density at radius 3 is 2.65 bits per heavy atom. The van der Waals surface area contributed by atoms with Gasteiger partial charge in [0.15, 0.2) is 5.82 Å². The maximum Gasteiger partial charge on any atom is 0.324 e. The molecular formula is C23H27FN6O2S2. The quantitative estimate of drug-likeness (QED) is 0.306. The predicted octanol–water partition coefficient (Wildman–Crippen LogP) is 5.51. The maximum absolute atomic E-state index is 14.2. The molecular weight excluding hydrogens is 475 g/mol. The summed E-state index contributed by atoms with van der Waals surface area (Å²) in [4.78, 5) is 12.6. The van der Waals surface area contributed by atoms with Gasteiger partial charge in [-0.05, 0) is 55.4 Å². The topological polar surface area (TPSA) is 81.6 Å². The van der Waals surface area contributed by atoms with Gasteiger partial charge in [0.25, 0.3) is 5.19 Å². The van der Waals surface area contributed by atoms with Crippen LogP contribution in [-0.2, 0) is 0 Å². The molecule has 1 saturated heterocycles. The van der Waals surface area contributed by atoms with Crippen molar-refractivity contribution in [2.45, 2.75) is 50.5 Å². The van der Waals surface area contributed by atoms with Gasteiger partial charge >= 0.3 is 6.01 Å². The average molecular weight is 503 g/mol. The fourth-order valence-corrected chi connectivity index (χ4v) is 5.37. The summed E-state index contributed by atoms with van der Waals surface area (Å²) in [6.45, 7) is 7.91. The first kappa shape index (κ1) is 23.1. The van der Waals surface area contributed by atoms with Gasteiger partial charge in [-0.2, -0.15) is 4.98 Å². The van der Waals surface area contributed by atoms with Crippen LogP contribution in [0.2, 0.25) is 0 Å². The first-order valence-electron chi connectivity index (χ1n) is 11.4. The second kappa shape index (κ2) is 9.53. The molecule has 0 N–H and O–H groups in total. The molecule has 180 valence electrons. The van der Waals surface area contributed by atoms with Gasteiger partial charge in [-0.15, -0.1) is 16.9 Å². The van der Waals surface area contributed by atoms with Crippen molar-refractivity contribution in [1.82, 2.24) is 24.7 Å². The minimum Gasteiger partial charge on any atom is -0.466 e. The number of fused-ring (bicyclic) bond motifs is 1. The van der Waals surface area contributed by atoms with Crippen LogP contribution in [0, 0.1) is 11.7 Å². The second-order valence-corrected chi connectivity index (χ2v) is 10.6. The Morgan fingerprint density at radius 1 is 1.21 bits per heavy atom. The Morgan fingerprint density at radius 2 is 2.00 bits per heavy atom. The molecule has 4 aromatic rings. The lowest BCUT2D eigenvalue weighted by atomic mass is 9.92. The lowest BCUT2D eigenvalue weighted by Crippen LogP contribution is -2.38. The van der Waals surface area contributed by atoms with E-state index in [1.165, 1.54) is 29.2 Å². The molecule has 1 aromatic carbocycles. The molecule has 5 rings (SSSR count). The highest BCUT2D eigenvalue weighted by Crippen LogP contribution is 2.31. The molecule has 3 aromatic heterocycles. The Bertz CT molecular complexity index is 1250. The zero-order valence-electron chi connectivity index (χ0n) is 19.6. The van der Waals surface area contributed by atoms with Crippen LogP contribution in [-0.4, -0.2) is 50.2 Å². The van der Waals surface area contributed by atoms with Crippen LogP contribution in [0.3, 0.4) is 0 Å². The fraction of sp³-hybridized carbons (Fsp3) is 0.478. The fourth-order valence-electron chi connectivity index (χ4n) is 4.10. The number of thioether (sulfide) groups is 1. The summed E-state index contributed by atoms with van der Waals surface area (Å²) in [6, 6.07) is 5.78. The molecule has 8 nitrogen and oxygen atoms in total. The molecule has 0 aliphatic carbocycles. The number of nitrogens with zero attached hydrogens (tertiary/aromatic N) is 6. The number of halogens is 1. The molecule has 0 spiro atoms. The first-order valence-corrected chi connectivity index (χ1v) is 13.4. The van der Waals surface area contributed by atoms with Crippen molar-refractivity contribution in [2.24, 2.45) is 5.92 Å². The molecule has 1 fully saturated rings. The molecule has 1 aliphatic heterocycles. The summed E-state index contributed by atoms with van der Waals surface area (Å²) in [7, 11) is 0. The summed E-state index contributed by atoms with van der Waals surface area (Å²) in [5, 5.41) is 9.20. The second-order valence-electron chi connectivity index (χ2n) is 8.81. The predicted molar refractivity (Wildman–Crippen MR) is 131 cm³/mol. The van der Waals surface area contributed by atoms with Crippen molar-refractivity contribution in [2.75, 3.05) is 24.2 Å². The highest BCUT2D eigenvalue weighted by atomic mass is 32.2. The van der Waals surface area contributed by atoms with Crippen LogP contribution in [0.25, 0.3) is 16.2 Å². The largest absolute Gasteiger partial charge is 0.466 e. The molecule has 4 heterocycles. The molecule has 34 heavy (non-hydrogen) atoms. The van der Waals surface area contributed by atoms with E-state index in [-0.39, 0.29) is 17.8 Å². The molecule has 0 saturated carbocycles. The van der Waals surface area contributed by atoms with Gasteiger partial charge in [0.2, 0.25) is 4.96 Å². The van der Waals surface area contributed by atoms with E-state index in [4.69, 9.17) is 9.26 Å². The number of hydrogen-bond donors (Lipinski definition) is 0. The van der Waals surface area contributed by atoms with Crippen LogP contribution in [0.1, 0.15) is 45.4 Å². The molecule has 11 heteroatoms. The van der Waals surface area contributed by atoms with Gasteiger partial charge in [-0.1, -0.05) is 25.1 Å². The molecule has 1 atom stereocenters. The van der Waals surface area contributed by atoms with Gasteiger partial charge < -0.3 is 14.2 Å². The van der Waals surface area contributed by atoms with Crippen LogP contribution < -0.4 is 9.64 Å². The minimum absolute atomic E-state index is 0.0274. The van der Waals surface area contributed by atoms with Crippen molar-refractivity contribution < 1.29 is 13.7 Å². The van der Waals surface area contributed by atoms with Crippen molar-refractivity contribution in [1.29, 1.82) is 0 Å². The smallest absolute Gasteiger partial charge is 0.324 e. The Hall–Kier alpha value is -2.66. The molecule has 0 bridgehead atoms.